The maximum atomic E-state index is 6.48. The van der Waals surface area contributed by atoms with Gasteiger partial charge in [0.25, 0.3) is 0 Å². The van der Waals surface area contributed by atoms with Crippen molar-refractivity contribution in [3.05, 3.63) is 164 Å². The van der Waals surface area contributed by atoms with Gasteiger partial charge < -0.3 is 13.2 Å². The van der Waals surface area contributed by atoms with E-state index in [-0.39, 0.29) is 0 Å². The molecule has 13 rings (SSSR count). The molecule has 0 fully saturated rings. The topological polar surface area (TPSA) is 60.6 Å². The van der Waals surface area contributed by atoms with E-state index in [1.54, 1.807) is 0 Å². The lowest BCUT2D eigenvalue weighted by atomic mass is 9.96. The van der Waals surface area contributed by atoms with E-state index in [0.29, 0.717) is 17.5 Å². The molecule has 0 aliphatic carbocycles. The van der Waals surface area contributed by atoms with Crippen molar-refractivity contribution in [3.8, 4) is 34.2 Å². The van der Waals surface area contributed by atoms with E-state index in [1.165, 1.54) is 65.4 Å². The molecule has 0 radical (unpaired) electrons. The highest BCUT2D eigenvalue weighted by atomic mass is 16.3. The molecule has 5 aromatic heterocycles. The van der Waals surface area contributed by atoms with Gasteiger partial charge in [-0.3, -0.25) is 0 Å². The van der Waals surface area contributed by atoms with Crippen molar-refractivity contribution in [2.75, 3.05) is 0 Å². The molecule has 6 heteroatoms. The molecular weight excluding hydrogens is 675 g/mol. The molecule has 0 N–H and O–H groups in total. The molecule has 55 heavy (non-hydrogen) atoms. The number of rotatable bonds is 3. The Bertz CT molecular complexity index is 3720. The number of hydrogen-bond acceptors (Lipinski definition) is 4. The zero-order chi connectivity index (χ0) is 35.8. The number of benzene rings is 8. The molecule has 0 aliphatic rings. The molecule has 0 spiro atoms. The van der Waals surface area contributed by atoms with Crippen LogP contribution in [0.4, 0.5) is 0 Å². The second-order valence-electron chi connectivity index (χ2n) is 14.4. The summed E-state index contributed by atoms with van der Waals surface area (Å²) >= 11 is 0. The van der Waals surface area contributed by atoms with Crippen molar-refractivity contribution >= 4 is 87.4 Å². The highest BCUT2D eigenvalue weighted by Gasteiger charge is 2.25. The Morgan fingerprint density at radius 3 is 1.62 bits per heavy atom. The number of aromatic nitrogens is 5. The molecule has 0 aliphatic heterocycles. The number of hydrogen-bond donors (Lipinski definition) is 0. The van der Waals surface area contributed by atoms with Crippen LogP contribution in [0.2, 0.25) is 0 Å². The summed E-state index contributed by atoms with van der Waals surface area (Å²) in [6.07, 6.45) is 0. The van der Waals surface area contributed by atoms with Gasteiger partial charge >= 0.3 is 0 Å². The van der Waals surface area contributed by atoms with Crippen molar-refractivity contribution in [2.24, 2.45) is 0 Å². The molecule has 8 aromatic carbocycles. The van der Waals surface area contributed by atoms with Crippen LogP contribution in [0.15, 0.2) is 168 Å². The monoisotopic (exact) mass is 701 g/mol. The van der Waals surface area contributed by atoms with E-state index in [2.05, 4.69) is 118 Å². The fraction of sp³-hybridized carbons (Fsp3) is 0. The molecule has 5 heterocycles. The highest BCUT2D eigenvalue weighted by Crippen LogP contribution is 2.47. The van der Waals surface area contributed by atoms with Gasteiger partial charge in [-0.15, -0.1) is 0 Å². The first-order chi connectivity index (χ1) is 27.3. The van der Waals surface area contributed by atoms with E-state index in [4.69, 9.17) is 19.4 Å². The quantitative estimate of drug-likeness (QED) is 0.172. The van der Waals surface area contributed by atoms with Gasteiger partial charge in [-0.25, -0.2) is 15.0 Å². The minimum atomic E-state index is 0.569. The predicted octanol–water partition coefficient (Wildman–Crippen LogP) is 12.5. The van der Waals surface area contributed by atoms with Crippen LogP contribution in [0.3, 0.4) is 0 Å². The molecule has 0 amide bonds. The van der Waals surface area contributed by atoms with Crippen molar-refractivity contribution in [1.82, 2.24) is 23.8 Å². The number of furan rings is 1. The van der Waals surface area contributed by atoms with Gasteiger partial charge in [-0.05, 0) is 53.2 Å². The molecule has 0 saturated carbocycles. The zero-order valence-electron chi connectivity index (χ0n) is 29.2. The van der Waals surface area contributed by atoms with Crippen molar-refractivity contribution in [1.29, 1.82) is 0 Å². The first-order valence-corrected chi connectivity index (χ1v) is 18.5. The summed E-state index contributed by atoms with van der Waals surface area (Å²) < 4.78 is 11.4. The minimum Gasteiger partial charge on any atom is -0.455 e. The van der Waals surface area contributed by atoms with Gasteiger partial charge in [0.1, 0.15) is 11.2 Å². The molecule has 0 atom stereocenters. The largest absolute Gasteiger partial charge is 0.455 e. The van der Waals surface area contributed by atoms with Crippen LogP contribution < -0.4 is 0 Å². The van der Waals surface area contributed by atoms with Crippen molar-refractivity contribution < 1.29 is 4.42 Å². The van der Waals surface area contributed by atoms with Gasteiger partial charge in [0.2, 0.25) is 0 Å². The van der Waals surface area contributed by atoms with Gasteiger partial charge in [-0.2, -0.15) is 0 Å². The van der Waals surface area contributed by atoms with Crippen LogP contribution >= 0.6 is 0 Å². The Labute approximate surface area is 312 Å². The summed E-state index contributed by atoms with van der Waals surface area (Å²) in [5, 5.41) is 9.40. The number of fused-ring (bicyclic) bond motifs is 15. The Balaban J connectivity index is 1.16. The predicted molar refractivity (Wildman–Crippen MR) is 224 cm³/mol. The Kier molecular flexibility index (Phi) is 5.54. The fourth-order valence-corrected chi connectivity index (χ4v) is 9.19. The van der Waals surface area contributed by atoms with Crippen LogP contribution in [0.1, 0.15) is 0 Å². The Morgan fingerprint density at radius 2 is 0.909 bits per heavy atom. The molecule has 6 nitrogen and oxygen atoms in total. The van der Waals surface area contributed by atoms with Gasteiger partial charge in [0.15, 0.2) is 17.5 Å². The third-order valence-electron chi connectivity index (χ3n) is 11.5. The lowest BCUT2D eigenvalue weighted by Crippen LogP contribution is -2.00. The van der Waals surface area contributed by atoms with Gasteiger partial charge in [0, 0.05) is 43.4 Å². The highest BCUT2D eigenvalue weighted by molar-refractivity contribution is 6.37. The summed E-state index contributed by atoms with van der Waals surface area (Å²) in [5.41, 5.74) is 11.5. The normalized spacial score (nSPS) is 12.4. The third-order valence-corrected chi connectivity index (χ3v) is 11.5. The molecule has 13 aromatic rings. The van der Waals surface area contributed by atoms with E-state index >= 15 is 0 Å². The van der Waals surface area contributed by atoms with Crippen molar-refractivity contribution in [3.63, 3.8) is 0 Å². The van der Waals surface area contributed by atoms with Crippen LogP contribution in [0.5, 0.6) is 0 Å². The smallest absolute Gasteiger partial charge is 0.167 e. The Hall–Kier alpha value is -7.57. The number of nitrogens with zero attached hydrogens (tertiary/aromatic N) is 5. The van der Waals surface area contributed by atoms with Crippen LogP contribution in [-0.4, -0.2) is 23.8 Å². The lowest BCUT2D eigenvalue weighted by Gasteiger charge is -2.13. The standard InChI is InChI=1S/C49H27N5O/c1-2-13-28(14-3-1)47-50-48(52-49(51-47)35-19-12-18-32-30-15-6-11-24-41(30)55-46(32)35)29-25-26-31-36(27-29)43-34-17-5-8-21-38(34)54-40-23-10-9-22-39(40)53-37-20-7-4-16-33(37)42(31)44(53)45(43)54/h1-27H. The first-order valence-electron chi connectivity index (χ1n) is 18.5. The van der Waals surface area contributed by atoms with E-state index in [9.17, 15) is 0 Å². The maximum absolute atomic E-state index is 6.48. The third kappa shape index (κ3) is 3.79. The number of para-hydroxylation sites is 6. The molecule has 0 bridgehead atoms. The van der Waals surface area contributed by atoms with E-state index < -0.39 is 0 Å². The summed E-state index contributed by atoms with van der Waals surface area (Å²) in [5.74, 6) is 1.79. The van der Waals surface area contributed by atoms with Crippen LogP contribution in [0, 0.1) is 0 Å². The summed E-state index contributed by atoms with van der Waals surface area (Å²) in [6.45, 7) is 0. The molecule has 254 valence electrons. The zero-order valence-corrected chi connectivity index (χ0v) is 29.2. The summed E-state index contributed by atoms with van der Waals surface area (Å²) in [6, 6.07) is 57.6. The average Bonchev–Trinajstić information content (AvgIpc) is 3.92. The van der Waals surface area contributed by atoms with Gasteiger partial charge in [-0.1, -0.05) is 121 Å². The minimum absolute atomic E-state index is 0.569. The SMILES string of the molecule is c1ccc(-c2nc(-c3ccc4c(c3)c3c5ccccc5n5c6ccccc6n6c7ccccc7c4c6c35)nc(-c3cccc4c3oc3ccccc34)n2)cc1. The molecule has 0 saturated heterocycles. The fourth-order valence-electron chi connectivity index (χ4n) is 9.19. The van der Waals surface area contributed by atoms with E-state index in [1.807, 2.05) is 54.6 Å². The van der Waals surface area contributed by atoms with E-state index in [0.717, 1.165) is 38.6 Å². The summed E-state index contributed by atoms with van der Waals surface area (Å²) in [4.78, 5) is 15.5. The lowest BCUT2D eigenvalue weighted by molar-refractivity contribution is 0.669. The molecule has 0 unspecified atom stereocenters. The Morgan fingerprint density at radius 1 is 0.364 bits per heavy atom. The maximum Gasteiger partial charge on any atom is 0.167 e. The second kappa shape index (κ2) is 10.5. The second-order valence-corrected chi connectivity index (χ2v) is 14.4. The first kappa shape index (κ1) is 28.9. The average molecular weight is 702 g/mol. The van der Waals surface area contributed by atoms with Crippen LogP contribution in [-0.2, 0) is 0 Å². The van der Waals surface area contributed by atoms with Crippen LogP contribution in [0.25, 0.3) is 122 Å². The van der Waals surface area contributed by atoms with Gasteiger partial charge in [0.05, 0.1) is 38.7 Å². The summed E-state index contributed by atoms with van der Waals surface area (Å²) in [7, 11) is 0. The molecular formula is C49H27N5O. The van der Waals surface area contributed by atoms with Crippen molar-refractivity contribution in [2.45, 2.75) is 0 Å².